The van der Waals surface area contributed by atoms with Crippen LogP contribution in [0.25, 0.3) is 11.0 Å². The summed E-state index contributed by atoms with van der Waals surface area (Å²) in [6.45, 7) is 0. The molecule has 0 amide bonds. The van der Waals surface area contributed by atoms with Gasteiger partial charge in [-0.25, -0.2) is 13.8 Å². The van der Waals surface area contributed by atoms with Gasteiger partial charge >= 0.3 is 0 Å². The van der Waals surface area contributed by atoms with Crippen LogP contribution in [0.3, 0.4) is 0 Å². The SMILES string of the molecule is C.FC(F)c1nc2ccccc2[nH]1.Nc1ccccc1N.[V]. The average Bonchev–Trinajstić information content (AvgIpc) is 2.87. The van der Waals surface area contributed by atoms with E-state index in [-0.39, 0.29) is 31.8 Å². The van der Waals surface area contributed by atoms with E-state index in [0.717, 1.165) is 0 Å². The number of hydrogen-bond donors (Lipinski definition) is 3. The fourth-order valence-electron chi connectivity index (χ4n) is 1.59. The van der Waals surface area contributed by atoms with Gasteiger partial charge < -0.3 is 16.5 Å². The van der Waals surface area contributed by atoms with Crippen LogP contribution in [0, 0.1) is 0 Å². The topological polar surface area (TPSA) is 80.7 Å². The van der Waals surface area contributed by atoms with Gasteiger partial charge in [-0.1, -0.05) is 31.7 Å². The average molecular weight is 343 g/mol. The van der Waals surface area contributed by atoms with Gasteiger partial charge in [-0.05, 0) is 24.3 Å². The largest absolute Gasteiger partial charge is 0.397 e. The molecule has 5 N–H and O–H groups in total. The number of halogens is 2. The van der Waals surface area contributed by atoms with Crippen LogP contribution in [-0.4, -0.2) is 9.97 Å². The van der Waals surface area contributed by atoms with Crippen molar-refractivity contribution in [1.82, 2.24) is 9.97 Å². The fraction of sp³-hybridized carbons (Fsp3) is 0.133. The molecular weight excluding hydrogens is 325 g/mol. The molecule has 2 aromatic carbocycles. The quantitative estimate of drug-likeness (QED) is 0.585. The number of alkyl halides is 2. The summed E-state index contributed by atoms with van der Waals surface area (Å²) in [5.74, 6) is -0.267. The standard InChI is InChI=1S/C8H6F2N2.C6H8N2.CH4.V/c9-7(10)8-11-5-3-1-2-4-6(5)12-8;7-5-3-1-2-4-6(5)8;;/h1-4,7H,(H,11,12);1-4H,7-8H2;1H4;. The summed E-state index contributed by atoms with van der Waals surface area (Å²) in [5.41, 5.74) is 13.3. The van der Waals surface area contributed by atoms with Crippen molar-refractivity contribution in [2.45, 2.75) is 13.9 Å². The Labute approximate surface area is 139 Å². The zero-order valence-electron chi connectivity index (χ0n) is 11.0. The molecule has 0 aliphatic carbocycles. The first-order valence-corrected chi connectivity index (χ1v) is 5.90. The first kappa shape index (κ1) is 20.0. The van der Waals surface area contributed by atoms with E-state index >= 15 is 0 Å². The molecule has 1 radical (unpaired) electrons. The molecule has 0 aliphatic rings. The predicted octanol–water partition coefficient (Wildman–Crippen LogP) is 3.99. The number of rotatable bonds is 1. The second-order valence-corrected chi connectivity index (χ2v) is 4.07. The van der Waals surface area contributed by atoms with Gasteiger partial charge in [0, 0.05) is 18.6 Å². The maximum atomic E-state index is 12.1. The third kappa shape index (κ3) is 5.05. The molecule has 1 heterocycles. The zero-order valence-corrected chi connectivity index (χ0v) is 12.4. The van der Waals surface area contributed by atoms with Gasteiger partial charge in [-0.2, -0.15) is 0 Å². The molecule has 0 unspecified atom stereocenters. The number of imidazole rings is 1. The van der Waals surface area contributed by atoms with Crippen molar-refractivity contribution >= 4 is 22.4 Å². The summed E-state index contributed by atoms with van der Waals surface area (Å²) in [7, 11) is 0. The first-order chi connectivity index (χ1) is 9.58. The normalized spacial score (nSPS) is 9.41. The van der Waals surface area contributed by atoms with Crippen molar-refractivity contribution in [1.29, 1.82) is 0 Å². The minimum Gasteiger partial charge on any atom is -0.397 e. The van der Waals surface area contributed by atoms with E-state index < -0.39 is 6.43 Å². The van der Waals surface area contributed by atoms with E-state index in [1.807, 2.05) is 12.1 Å². The second kappa shape index (κ2) is 9.07. The van der Waals surface area contributed by atoms with Gasteiger partial charge in [0.05, 0.1) is 22.4 Å². The smallest absolute Gasteiger partial charge is 0.295 e. The van der Waals surface area contributed by atoms with Crippen LogP contribution >= 0.6 is 0 Å². The Morgan fingerprint density at radius 3 is 1.86 bits per heavy atom. The van der Waals surface area contributed by atoms with Gasteiger partial charge in [0.1, 0.15) is 0 Å². The van der Waals surface area contributed by atoms with Crippen LogP contribution in [0.1, 0.15) is 19.7 Å². The van der Waals surface area contributed by atoms with E-state index in [0.29, 0.717) is 22.4 Å². The van der Waals surface area contributed by atoms with Crippen molar-refractivity contribution < 1.29 is 27.3 Å². The van der Waals surface area contributed by atoms with E-state index in [1.54, 1.807) is 36.4 Å². The van der Waals surface area contributed by atoms with Crippen LogP contribution in [0.5, 0.6) is 0 Å². The Balaban J connectivity index is 0.000000393. The number of nitrogens with two attached hydrogens (primary N) is 2. The van der Waals surface area contributed by atoms with E-state index in [1.165, 1.54) is 0 Å². The molecule has 7 heteroatoms. The number of H-pyrrole nitrogens is 1. The molecule has 0 fully saturated rings. The Hall–Kier alpha value is -2.05. The van der Waals surface area contributed by atoms with Crippen LogP contribution < -0.4 is 11.5 Å². The molecular formula is C15H18F2N4V. The van der Waals surface area contributed by atoms with Crippen molar-refractivity contribution in [3.05, 3.63) is 54.4 Å². The van der Waals surface area contributed by atoms with Crippen LogP contribution in [0.4, 0.5) is 20.2 Å². The number of fused-ring (bicyclic) bond motifs is 1. The molecule has 4 nitrogen and oxygen atoms in total. The summed E-state index contributed by atoms with van der Waals surface area (Å²) in [5, 5.41) is 0. The molecule has 22 heavy (non-hydrogen) atoms. The molecule has 0 saturated carbocycles. The maximum absolute atomic E-state index is 12.1. The Morgan fingerprint density at radius 1 is 0.909 bits per heavy atom. The van der Waals surface area contributed by atoms with Crippen LogP contribution in [0.2, 0.25) is 0 Å². The van der Waals surface area contributed by atoms with Gasteiger partial charge in [-0.3, -0.25) is 0 Å². The van der Waals surface area contributed by atoms with Gasteiger partial charge in [0.15, 0.2) is 5.82 Å². The predicted molar refractivity (Wildman–Crippen MR) is 83.0 cm³/mol. The monoisotopic (exact) mass is 343 g/mol. The summed E-state index contributed by atoms with van der Waals surface area (Å²) >= 11 is 0. The molecule has 0 bridgehead atoms. The van der Waals surface area contributed by atoms with E-state index in [9.17, 15) is 8.78 Å². The number of hydrogen-bond acceptors (Lipinski definition) is 3. The zero-order chi connectivity index (χ0) is 14.5. The third-order valence-corrected chi connectivity index (χ3v) is 2.61. The Kier molecular flexibility index (Phi) is 8.23. The number of nitrogen functional groups attached to an aromatic ring is 2. The molecule has 3 rings (SSSR count). The molecule has 3 aromatic rings. The van der Waals surface area contributed by atoms with Gasteiger partial charge in [0.2, 0.25) is 0 Å². The van der Waals surface area contributed by atoms with Crippen molar-refractivity contribution in [2.75, 3.05) is 11.5 Å². The first-order valence-electron chi connectivity index (χ1n) is 5.90. The van der Waals surface area contributed by atoms with Gasteiger partial charge in [-0.15, -0.1) is 0 Å². The minimum atomic E-state index is -2.53. The molecule has 0 atom stereocenters. The van der Waals surface area contributed by atoms with E-state index in [4.69, 9.17) is 11.5 Å². The third-order valence-electron chi connectivity index (χ3n) is 2.61. The minimum absolute atomic E-state index is 0. The number of para-hydroxylation sites is 4. The van der Waals surface area contributed by atoms with Crippen LogP contribution in [0.15, 0.2) is 48.5 Å². The molecule has 117 valence electrons. The second-order valence-electron chi connectivity index (χ2n) is 4.07. The Morgan fingerprint density at radius 2 is 1.41 bits per heavy atom. The maximum Gasteiger partial charge on any atom is 0.295 e. The number of aromatic nitrogens is 2. The van der Waals surface area contributed by atoms with Crippen molar-refractivity contribution in [3.63, 3.8) is 0 Å². The molecule has 1 aromatic heterocycles. The van der Waals surface area contributed by atoms with Gasteiger partial charge in [0.25, 0.3) is 6.43 Å². The van der Waals surface area contributed by atoms with E-state index in [2.05, 4.69) is 9.97 Å². The molecule has 0 saturated heterocycles. The molecule has 0 spiro atoms. The number of aromatic amines is 1. The summed E-state index contributed by atoms with van der Waals surface area (Å²) in [4.78, 5) is 6.24. The number of nitrogens with zero attached hydrogens (tertiary/aromatic N) is 1. The van der Waals surface area contributed by atoms with Crippen molar-refractivity contribution in [3.8, 4) is 0 Å². The summed E-state index contributed by atoms with van der Waals surface area (Å²) in [6.07, 6.45) is -2.53. The van der Waals surface area contributed by atoms with Crippen molar-refractivity contribution in [2.24, 2.45) is 0 Å². The Bertz CT molecular complexity index is 647. The molecule has 0 aliphatic heterocycles. The van der Waals surface area contributed by atoms with Crippen LogP contribution in [-0.2, 0) is 18.6 Å². The summed E-state index contributed by atoms with van der Waals surface area (Å²) < 4.78 is 24.2. The summed E-state index contributed by atoms with van der Waals surface area (Å²) in [6, 6.07) is 14.2. The number of benzene rings is 2. The fourth-order valence-corrected chi connectivity index (χ4v) is 1.59. The number of anilines is 2. The number of nitrogens with one attached hydrogen (secondary N) is 1.